The van der Waals surface area contributed by atoms with E-state index in [1.807, 2.05) is 0 Å². The van der Waals surface area contributed by atoms with Crippen LogP contribution in [-0.2, 0) is 16.4 Å². The smallest absolute Gasteiger partial charge is 0.333 e. The van der Waals surface area contributed by atoms with E-state index in [1.54, 1.807) is 18.2 Å². The van der Waals surface area contributed by atoms with Crippen molar-refractivity contribution in [2.45, 2.75) is 30.8 Å². The highest BCUT2D eigenvalue weighted by Gasteiger charge is 2.29. The van der Waals surface area contributed by atoms with E-state index in [9.17, 15) is 17.2 Å². The average molecular weight is 373 g/mol. The van der Waals surface area contributed by atoms with Crippen LogP contribution in [0.15, 0.2) is 29.3 Å². The van der Waals surface area contributed by atoms with E-state index in [0.29, 0.717) is 22.6 Å². The van der Waals surface area contributed by atoms with Crippen molar-refractivity contribution < 1.29 is 26.7 Å². The van der Waals surface area contributed by atoms with Gasteiger partial charge in [-0.2, -0.15) is 13.9 Å². The van der Waals surface area contributed by atoms with Crippen molar-refractivity contribution in [1.82, 2.24) is 14.5 Å². The summed E-state index contributed by atoms with van der Waals surface area (Å²) in [7, 11) is -2.46. The fraction of sp³-hybridized carbons (Fsp3) is 0.400. The van der Waals surface area contributed by atoms with Gasteiger partial charge < -0.3 is 9.47 Å². The van der Waals surface area contributed by atoms with Crippen molar-refractivity contribution in [3.05, 3.63) is 35.7 Å². The number of benzene rings is 1. The standard InChI is InChI=1S/C15H17F2N3O4S/c1-9-14(7-18-20(9)15(16)17)25(21,22)19-11-5-10-6-12(23-2)3-4-13(10)24-8-11/h3-4,6-7,11,15,19H,5,8H2,1-2H3/t11-/m0/s1. The monoisotopic (exact) mass is 373 g/mol. The SMILES string of the molecule is COc1ccc2c(c1)C[C@H](NS(=O)(=O)c1cnn(C(F)F)c1C)CO2. The van der Waals surface area contributed by atoms with Crippen LogP contribution >= 0.6 is 0 Å². The van der Waals surface area contributed by atoms with Gasteiger partial charge in [-0.15, -0.1) is 0 Å². The van der Waals surface area contributed by atoms with Gasteiger partial charge in [0.25, 0.3) is 0 Å². The van der Waals surface area contributed by atoms with Gasteiger partial charge in [0.15, 0.2) is 0 Å². The number of fused-ring (bicyclic) bond motifs is 1. The Morgan fingerprint density at radius 3 is 2.84 bits per heavy atom. The van der Waals surface area contributed by atoms with Crippen LogP contribution in [0.1, 0.15) is 17.8 Å². The number of alkyl halides is 2. The highest BCUT2D eigenvalue weighted by Crippen LogP contribution is 2.29. The van der Waals surface area contributed by atoms with Crippen LogP contribution in [0.3, 0.4) is 0 Å². The molecule has 7 nitrogen and oxygen atoms in total. The van der Waals surface area contributed by atoms with Gasteiger partial charge in [-0.25, -0.2) is 17.8 Å². The molecule has 1 aromatic heterocycles. The van der Waals surface area contributed by atoms with Crippen LogP contribution in [0.5, 0.6) is 11.5 Å². The normalized spacial score (nSPS) is 17.2. The minimum absolute atomic E-state index is 0.124. The first-order valence-corrected chi connectivity index (χ1v) is 8.94. The summed E-state index contributed by atoms with van der Waals surface area (Å²) in [5, 5.41) is 3.43. The molecule has 0 amide bonds. The molecule has 0 radical (unpaired) electrons. The number of nitrogens with one attached hydrogen (secondary N) is 1. The predicted octanol–water partition coefficient (Wildman–Crippen LogP) is 1.88. The van der Waals surface area contributed by atoms with E-state index >= 15 is 0 Å². The van der Waals surface area contributed by atoms with Crippen molar-refractivity contribution in [3.8, 4) is 11.5 Å². The molecule has 0 unspecified atom stereocenters. The molecule has 1 atom stereocenters. The van der Waals surface area contributed by atoms with Gasteiger partial charge in [0.05, 0.1) is 25.0 Å². The van der Waals surface area contributed by atoms with Crippen LogP contribution in [0.2, 0.25) is 0 Å². The van der Waals surface area contributed by atoms with Crippen molar-refractivity contribution in [2.24, 2.45) is 0 Å². The largest absolute Gasteiger partial charge is 0.497 e. The molecule has 0 aliphatic carbocycles. The molecule has 2 heterocycles. The third-order valence-corrected chi connectivity index (χ3v) is 5.59. The van der Waals surface area contributed by atoms with Gasteiger partial charge >= 0.3 is 6.55 Å². The van der Waals surface area contributed by atoms with Crippen LogP contribution < -0.4 is 14.2 Å². The molecular weight excluding hydrogens is 356 g/mol. The van der Waals surface area contributed by atoms with Crippen LogP contribution in [0.4, 0.5) is 8.78 Å². The lowest BCUT2D eigenvalue weighted by atomic mass is 10.0. The Morgan fingerprint density at radius 1 is 1.44 bits per heavy atom. The summed E-state index contributed by atoms with van der Waals surface area (Å²) in [6, 6.07) is 4.76. The molecule has 1 aromatic carbocycles. The van der Waals surface area contributed by atoms with Crippen LogP contribution in [0, 0.1) is 6.92 Å². The Labute approximate surface area is 143 Å². The molecule has 1 aliphatic rings. The first-order chi connectivity index (χ1) is 11.8. The van der Waals surface area contributed by atoms with E-state index in [1.165, 1.54) is 14.0 Å². The van der Waals surface area contributed by atoms with E-state index in [4.69, 9.17) is 9.47 Å². The average Bonchev–Trinajstić information content (AvgIpc) is 2.96. The van der Waals surface area contributed by atoms with Crippen LogP contribution in [0.25, 0.3) is 0 Å². The van der Waals surface area contributed by atoms with Crippen molar-refractivity contribution in [1.29, 1.82) is 0 Å². The second-order valence-corrected chi connectivity index (χ2v) is 7.31. The van der Waals surface area contributed by atoms with Crippen LogP contribution in [-0.4, -0.2) is 38.0 Å². The second-order valence-electron chi connectivity index (χ2n) is 5.62. The molecule has 10 heteroatoms. The number of nitrogens with zero attached hydrogens (tertiary/aromatic N) is 2. The number of halogens is 2. The molecule has 0 saturated carbocycles. The maximum atomic E-state index is 12.8. The quantitative estimate of drug-likeness (QED) is 0.865. The van der Waals surface area contributed by atoms with Gasteiger partial charge in [-0.05, 0) is 37.1 Å². The maximum Gasteiger partial charge on any atom is 0.333 e. The Hall–Kier alpha value is -2.20. The number of rotatable bonds is 5. The lowest BCUT2D eigenvalue weighted by Crippen LogP contribution is -2.42. The maximum absolute atomic E-state index is 12.8. The van der Waals surface area contributed by atoms with Crippen molar-refractivity contribution in [2.75, 3.05) is 13.7 Å². The molecule has 136 valence electrons. The fourth-order valence-corrected chi connectivity index (χ4v) is 4.11. The number of hydrogen-bond donors (Lipinski definition) is 1. The molecule has 0 spiro atoms. The molecular formula is C15H17F2N3O4S. The Kier molecular flexibility index (Phi) is 4.65. The molecule has 1 N–H and O–H groups in total. The second kappa shape index (κ2) is 6.60. The first kappa shape index (κ1) is 17.6. The number of ether oxygens (including phenoxy) is 2. The molecule has 0 fully saturated rings. The summed E-state index contributed by atoms with van der Waals surface area (Å²) >= 11 is 0. The Bertz CT molecular complexity index is 883. The zero-order valence-corrected chi connectivity index (χ0v) is 14.4. The summed E-state index contributed by atoms with van der Waals surface area (Å²) in [6.07, 6.45) is 1.32. The van der Waals surface area contributed by atoms with E-state index in [0.717, 1.165) is 11.8 Å². The molecule has 25 heavy (non-hydrogen) atoms. The third-order valence-electron chi connectivity index (χ3n) is 3.97. The highest BCUT2D eigenvalue weighted by molar-refractivity contribution is 7.89. The lowest BCUT2D eigenvalue weighted by molar-refractivity contribution is 0.0541. The zero-order chi connectivity index (χ0) is 18.2. The Morgan fingerprint density at radius 2 is 2.20 bits per heavy atom. The minimum atomic E-state index is -4.00. The summed E-state index contributed by atoms with van der Waals surface area (Å²) in [6.45, 7) is -1.48. The summed E-state index contributed by atoms with van der Waals surface area (Å²) < 4.78 is 64.1. The van der Waals surface area contributed by atoms with Gasteiger partial charge in [0, 0.05) is 0 Å². The summed E-state index contributed by atoms with van der Waals surface area (Å²) in [4.78, 5) is -0.274. The van der Waals surface area contributed by atoms with E-state index in [2.05, 4.69) is 9.82 Å². The number of aromatic nitrogens is 2. The molecule has 3 rings (SSSR count). The number of methoxy groups -OCH3 is 1. The molecule has 0 saturated heterocycles. The Balaban J connectivity index is 1.80. The predicted molar refractivity (Wildman–Crippen MR) is 84.5 cm³/mol. The van der Waals surface area contributed by atoms with Crippen molar-refractivity contribution in [3.63, 3.8) is 0 Å². The first-order valence-electron chi connectivity index (χ1n) is 7.46. The van der Waals surface area contributed by atoms with Gasteiger partial charge in [0.2, 0.25) is 10.0 Å². The molecule has 2 aromatic rings. The highest BCUT2D eigenvalue weighted by atomic mass is 32.2. The number of hydrogen-bond acceptors (Lipinski definition) is 5. The van der Waals surface area contributed by atoms with E-state index < -0.39 is 22.6 Å². The third kappa shape index (κ3) is 3.45. The van der Waals surface area contributed by atoms with E-state index in [-0.39, 0.29) is 17.2 Å². The zero-order valence-electron chi connectivity index (χ0n) is 13.6. The summed E-state index contributed by atoms with van der Waals surface area (Å²) in [5.41, 5.74) is 0.680. The topological polar surface area (TPSA) is 82.5 Å². The van der Waals surface area contributed by atoms with Crippen molar-refractivity contribution >= 4 is 10.0 Å². The minimum Gasteiger partial charge on any atom is -0.497 e. The fourth-order valence-electron chi connectivity index (χ4n) is 2.72. The van der Waals surface area contributed by atoms with Gasteiger partial charge in [-0.3, -0.25) is 0 Å². The van der Waals surface area contributed by atoms with Gasteiger partial charge in [0.1, 0.15) is 23.0 Å². The van der Waals surface area contributed by atoms with Gasteiger partial charge in [-0.1, -0.05) is 0 Å². The molecule has 1 aliphatic heterocycles. The lowest BCUT2D eigenvalue weighted by Gasteiger charge is -2.26. The number of sulfonamides is 1. The summed E-state index contributed by atoms with van der Waals surface area (Å²) in [5.74, 6) is 1.30. The molecule has 0 bridgehead atoms.